The minimum absolute atomic E-state index is 0.185. The van der Waals surface area contributed by atoms with Crippen molar-refractivity contribution in [2.45, 2.75) is 60.0 Å². The van der Waals surface area contributed by atoms with Crippen LogP contribution in [-0.2, 0) is 16.6 Å². The van der Waals surface area contributed by atoms with Gasteiger partial charge in [-0.1, -0.05) is 38.1 Å². The summed E-state index contributed by atoms with van der Waals surface area (Å²) in [5.41, 5.74) is 7.05. The maximum Gasteiger partial charge on any atom is 0.251 e. The van der Waals surface area contributed by atoms with Crippen molar-refractivity contribution in [3.63, 3.8) is 0 Å². The third-order valence-electron chi connectivity index (χ3n) is 6.63. The highest BCUT2D eigenvalue weighted by molar-refractivity contribution is 7.92. The Morgan fingerprint density at radius 1 is 0.919 bits per heavy atom. The maximum atomic E-state index is 13.0. The summed E-state index contributed by atoms with van der Waals surface area (Å²) in [6.45, 7) is 12.2. The van der Waals surface area contributed by atoms with E-state index in [9.17, 15) is 13.2 Å². The maximum absolute atomic E-state index is 13.0. The summed E-state index contributed by atoms with van der Waals surface area (Å²) in [6, 6.07) is 16.8. The summed E-state index contributed by atoms with van der Waals surface area (Å²) in [4.78, 5) is 13.0. The first-order chi connectivity index (χ1) is 17.3. The number of nitrogens with one attached hydrogen (secondary N) is 1. The van der Waals surface area contributed by atoms with Crippen molar-refractivity contribution in [3.8, 4) is 5.75 Å². The molecule has 1 N–H and O–H groups in total. The summed E-state index contributed by atoms with van der Waals surface area (Å²) in [6.07, 6.45) is 1.21. The lowest BCUT2D eigenvalue weighted by Crippen LogP contribution is -2.30. The molecule has 1 amide bonds. The van der Waals surface area contributed by atoms with Crippen molar-refractivity contribution in [2.75, 3.05) is 17.7 Å². The molecular formula is C30H38N2O4S. The lowest BCUT2D eigenvalue weighted by atomic mass is 9.93. The van der Waals surface area contributed by atoms with Crippen LogP contribution in [0.15, 0.2) is 54.6 Å². The number of methoxy groups -OCH3 is 1. The van der Waals surface area contributed by atoms with E-state index in [0.717, 1.165) is 39.1 Å². The van der Waals surface area contributed by atoms with E-state index in [1.165, 1.54) is 10.6 Å². The zero-order chi connectivity index (χ0) is 27.5. The molecule has 37 heavy (non-hydrogen) atoms. The smallest absolute Gasteiger partial charge is 0.251 e. The lowest BCUT2D eigenvalue weighted by Gasteiger charge is -2.25. The largest absolute Gasteiger partial charge is 0.496 e. The molecule has 0 radical (unpaired) electrons. The van der Waals surface area contributed by atoms with Gasteiger partial charge in [0.1, 0.15) is 5.75 Å². The van der Waals surface area contributed by atoms with Crippen LogP contribution in [0.25, 0.3) is 0 Å². The van der Waals surface area contributed by atoms with Crippen molar-refractivity contribution in [1.82, 2.24) is 5.32 Å². The van der Waals surface area contributed by atoms with E-state index in [0.29, 0.717) is 17.2 Å². The molecule has 0 aromatic heterocycles. The van der Waals surface area contributed by atoms with Gasteiger partial charge in [0.05, 0.1) is 31.6 Å². The van der Waals surface area contributed by atoms with Crippen LogP contribution in [0.5, 0.6) is 5.75 Å². The standard InChI is InChI=1S/C30H38N2O4S/c1-19(2)26-17-27(22(5)16-29(26)36-7)23(6)31-30(33)25-13-11-24(12-14-25)18-32(37(8,34)35)28-15-20(3)9-10-21(28)4/h9-17,19,23H,18H2,1-8H3,(H,31,33). The van der Waals surface area contributed by atoms with Gasteiger partial charge < -0.3 is 10.1 Å². The van der Waals surface area contributed by atoms with Crippen molar-refractivity contribution < 1.29 is 17.9 Å². The molecular weight excluding hydrogens is 484 g/mol. The average Bonchev–Trinajstić information content (AvgIpc) is 2.83. The predicted molar refractivity (Wildman–Crippen MR) is 151 cm³/mol. The van der Waals surface area contributed by atoms with Gasteiger partial charge in [-0.2, -0.15) is 0 Å². The summed E-state index contributed by atoms with van der Waals surface area (Å²) in [7, 11) is -1.83. The number of amides is 1. The van der Waals surface area contributed by atoms with Crippen LogP contribution in [0.2, 0.25) is 0 Å². The summed E-state index contributed by atoms with van der Waals surface area (Å²) in [5, 5.41) is 3.09. The quantitative estimate of drug-likeness (QED) is 0.363. The van der Waals surface area contributed by atoms with Crippen LogP contribution >= 0.6 is 0 Å². The number of benzene rings is 3. The Kier molecular flexibility index (Phi) is 8.69. The molecule has 7 heteroatoms. The van der Waals surface area contributed by atoms with Gasteiger partial charge in [-0.3, -0.25) is 9.10 Å². The topological polar surface area (TPSA) is 75.7 Å². The van der Waals surface area contributed by atoms with Crippen molar-refractivity contribution >= 4 is 21.6 Å². The third-order valence-corrected chi connectivity index (χ3v) is 7.76. The van der Waals surface area contributed by atoms with Gasteiger partial charge in [0.2, 0.25) is 10.0 Å². The van der Waals surface area contributed by atoms with Crippen LogP contribution in [-0.4, -0.2) is 27.7 Å². The highest BCUT2D eigenvalue weighted by atomic mass is 32.2. The molecule has 0 saturated heterocycles. The van der Waals surface area contributed by atoms with Gasteiger partial charge in [0.15, 0.2) is 0 Å². The minimum atomic E-state index is -3.50. The van der Waals surface area contributed by atoms with Gasteiger partial charge in [-0.15, -0.1) is 0 Å². The molecule has 6 nitrogen and oxygen atoms in total. The molecule has 3 aromatic rings. The van der Waals surface area contributed by atoms with Crippen molar-refractivity contribution in [2.24, 2.45) is 0 Å². The monoisotopic (exact) mass is 522 g/mol. The number of anilines is 1. The Hall–Kier alpha value is -3.32. The van der Waals surface area contributed by atoms with Gasteiger partial charge in [0, 0.05) is 5.56 Å². The molecule has 198 valence electrons. The fourth-order valence-electron chi connectivity index (χ4n) is 4.46. The number of carbonyl (C=O) groups excluding carboxylic acids is 1. The minimum Gasteiger partial charge on any atom is -0.496 e. The first-order valence-corrected chi connectivity index (χ1v) is 14.3. The number of ether oxygens (including phenoxy) is 1. The first-order valence-electron chi connectivity index (χ1n) is 12.4. The number of carbonyl (C=O) groups is 1. The molecule has 0 spiro atoms. The third kappa shape index (κ3) is 6.72. The SMILES string of the molecule is COc1cc(C)c(C(C)NC(=O)c2ccc(CN(c3cc(C)ccc3C)S(C)(=O)=O)cc2)cc1C(C)C. The van der Waals surface area contributed by atoms with E-state index >= 15 is 0 Å². The fourth-order valence-corrected chi connectivity index (χ4v) is 5.40. The molecule has 0 aliphatic heterocycles. The average molecular weight is 523 g/mol. The first kappa shape index (κ1) is 28.3. The molecule has 0 aliphatic carbocycles. The zero-order valence-corrected chi connectivity index (χ0v) is 23.9. The number of nitrogens with zero attached hydrogens (tertiary/aromatic N) is 1. The van der Waals surface area contributed by atoms with Crippen LogP contribution in [0, 0.1) is 20.8 Å². The normalized spacial score (nSPS) is 12.4. The molecule has 1 unspecified atom stereocenters. The van der Waals surface area contributed by atoms with E-state index < -0.39 is 10.0 Å². The highest BCUT2D eigenvalue weighted by Crippen LogP contribution is 2.32. The second kappa shape index (κ2) is 11.4. The van der Waals surface area contributed by atoms with E-state index in [-0.39, 0.29) is 18.5 Å². The van der Waals surface area contributed by atoms with Crippen LogP contribution in [0.3, 0.4) is 0 Å². The molecule has 0 fully saturated rings. The van der Waals surface area contributed by atoms with Crippen LogP contribution in [0.1, 0.15) is 76.5 Å². The number of hydrogen-bond donors (Lipinski definition) is 1. The second-order valence-corrected chi connectivity index (χ2v) is 12.0. The van der Waals surface area contributed by atoms with Crippen LogP contribution < -0.4 is 14.4 Å². The van der Waals surface area contributed by atoms with Crippen molar-refractivity contribution in [1.29, 1.82) is 0 Å². The van der Waals surface area contributed by atoms with Gasteiger partial charge in [0.25, 0.3) is 5.91 Å². The number of sulfonamides is 1. The number of aryl methyl sites for hydroxylation is 3. The highest BCUT2D eigenvalue weighted by Gasteiger charge is 2.21. The molecule has 0 aliphatic rings. The van der Waals surface area contributed by atoms with Crippen molar-refractivity contribution in [3.05, 3.63) is 93.5 Å². The molecule has 3 rings (SSSR count). The lowest BCUT2D eigenvalue weighted by molar-refractivity contribution is 0.0939. The van der Waals surface area contributed by atoms with E-state index in [1.54, 1.807) is 31.4 Å². The van der Waals surface area contributed by atoms with Gasteiger partial charge in [-0.25, -0.2) is 8.42 Å². The van der Waals surface area contributed by atoms with E-state index in [4.69, 9.17) is 4.74 Å². The molecule has 3 aromatic carbocycles. The molecule has 0 bridgehead atoms. The van der Waals surface area contributed by atoms with Gasteiger partial charge in [-0.05, 0) is 97.3 Å². The second-order valence-electron chi connectivity index (χ2n) is 10.1. The Bertz CT molecular complexity index is 1380. The predicted octanol–water partition coefficient (Wildman–Crippen LogP) is 6.20. The van der Waals surface area contributed by atoms with E-state index in [2.05, 4.69) is 25.2 Å². The fraction of sp³-hybridized carbons (Fsp3) is 0.367. The van der Waals surface area contributed by atoms with Gasteiger partial charge >= 0.3 is 0 Å². The summed E-state index contributed by atoms with van der Waals surface area (Å²) in [5.74, 6) is 0.962. The summed E-state index contributed by atoms with van der Waals surface area (Å²) >= 11 is 0. The molecule has 1 atom stereocenters. The Morgan fingerprint density at radius 2 is 1.57 bits per heavy atom. The summed E-state index contributed by atoms with van der Waals surface area (Å²) < 4.78 is 32.2. The van der Waals surface area contributed by atoms with E-state index in [1.807, 2.05) is 52.0 Å². The Morgan fingerprint density at radius 3 is 2.14 bits per heavy atom. The molecule has 0 saturated carbocycles. The van der Waals surface area contributed by atoms with Crippen LogP contribution in [0.4, 0.5) is 5.69 Å². The Labute approximate surface area is 221 Å². The molecule has 0 heterocycles. The number of rotatable bonds is 9. The zero-order valence-electron chi connectivity index (χ0n) is 23.0. The number of hydrogen-bond acceptors (Lipinski definition) is 4. The Balaban J connectivity index is 1.79.